The van der Waals surface area contributed by atoms with Crippen molar-refractivity contribution in [2.24, 2.45) is 7.05 Å². The predicted octanol–water partition coefficient (Wildman–Crippen LogP) is 2.34. The highest BCUT2D eigenvalue weighted by Gasteiger charge is 2.04. The Balaban J connectivity index is 2.11. The third-order valence-electron chi connectivity index (χ3n) is 2.80. The molecule has 0 fully saturated rings. The maximum Gasteiger partial charge on any atom is 0.145 e. The molecule has 0 aliphatic rings. The summed E-state index contributed by atoms with van der Waals surface area (Å²) in [4.78, 5) is 0. The number of ether oxygens (including phenoxy) is 1. The predicted molar refractivity (Wildman–Crippen MR) is 76.9 cm³/mol. The number of aryl methyl sites for hydroxylation is 1. The zero-order chi connectivity index (χ0) is 15.1. The fourth-order valence-electron chi connectivity index (χ4n) is 1.65. The van der Waals surface area contributed by atoms with Crippen LogP contribution in [-0.4, -0.2) is 9.78 Å². The fraction of sp³-hybridized carbons (Fsp3) is 0.133. The number of aromatic nitrogens is 2. The van der Waals surface area contributed by atoms with Crippen LogP contribution in [0.1, 0.15) is 5.69 Å². The van der Waals surface area contributed by atoms with Crippen molar-refractivity contribution in [1.82, 2.24) is 9.78 Å². The number of allylic oxidation sites excluding steroid dienone is 1. The smallest absolute Gasteiger partial charge is 0.145 e. The largest absolute Gasteiger partial charge is 0.485 e. The summed E-state index contributed by atoms with van der Waals surface area (Å²) in [7, 11) is 1.84. The molecule has 1 N–H and O–H groups in total. The Morgan fingerprint density at radius 3 is 2.76 bits per heavy atom. The third-order valence-corrected chi connectivity index (χ3v) is 2.80. The average Bonchev–Trinajstić information content (AvgIpc) is 2.92. The molecule has 2 aromatic rings. The summed E-state index contributed by atoms with van der Waals surface area (Å²) >= 11 is 0. The van der Waals surface area contributed by atoms with E-state index in [1.807, 2.05) is 31.3 Å². The number of rotatable bonds is 5. The Bertz CT molecular complexity index is 717. The van der Waals surface area contributed by atoms with E-state index in [0.29, 0.717) is 18.0 Å². The monoisotopic (exact) mass is 279 g/mol. The van der Waals surface area contributed by atoms with Crippen molar-refractivity contribution in [3.63, 3.8) is 0 Å². The SMILES string of the molecule is Cn1nccc1COc1ccccc1NC=C(C#N)C#N. The lowest BCUT2D eigenvalue weighted by atomic mass is 10.3. The minimum absolute atomic E-state index is 0.00330. The minimum Gasteiger partial charge on any atom is -0.485 e. The summed E-state index contributed by atoms with van der Waals surface area (Å²) in [6.45, 7) is 0.377. The fourth-order valence-corrected chi connectivity index (χ4v) is 1.65. The number of nitrogens with one attached hydrogen (secondary N) is 1. The molecule has 0 unspecified atom stereocenters. The van der Waals surface area contributed by atoms with Crippen LogP contribution in [0.5, 0.6) is 5.75 Å². The van der Waals surface area contributed by atoms with E-state index in [2.05, 4.69) is 10.4 Å². The summed E-state index contributed by atoms with van der Waals surface area (Å²) < 4.78 is 7.48. The van der Waals surface area contributed by atoms with E-state index in [0.717, 1.165) is 5.69 Å². The van der Waals surface area contributed by atoms with Crippen LogP contribution in [-0.2, 0) is 13.7 Å². The van der Waals surface area contributed by atoms with Gasteiger partial charge in [-0.25, -0.2) is 0 Å². The van der Waals surface area contributed by atoms with Crippen molar-refractivity contribution in [1.29, 1.82) is 10.5 Å². The maximum atomic E-state index is 8.71. The molecule has 21 heavy (non-hydrogen) atoms. The molecular weight excluding hydrogens is 266 g/mol. The highest BCUT2D eigenvalue weighted by Crippen LogP contribution is 2.24. The second-order valence-corrected chi connectivity index (χ2v) is 4.16. The Kier molecular flexibility index (Phi) is 4.58. The first kappa shape index (κ1) is 14.2. The lowest BCUT2D eigenvalue weighted by Gasteiger charge is -2.11. The van der Waals surface area contributed by atoms with Gasteiger partial charge in [-0.3, -0.25) is 4.68 Å². The van der Waals surface area contributed by atoms with E-state index in [-0.39, 0.29) is 5.57 Å². The normalized spacial score (nSPS) is 9.29. The van der Waals surface area contributed by atoms with Gasteiger partial charge in [-0.2, -0.15) is 15.6 Å². The van der Waals surface area contributed by atoms with Gasteiger partial charge in [-0.1, -0.05) is 12.1 Å². The van der Waals surface area contributed by atoms with Gasteiger partial charge in [0.05, 0.1) is 11.4 Å². The zero-order valence-electron chi connectivity index (χ0n) is 11.4. The highest BCUT2D eigenvalue weighted by molar-refractivity contribution is 5.59. The molecule has 1 heterocycles. The zero-order valence-corrected chi connectivity index (χ0v) is 11.4. The highest BCUT2D eigenvalue weighted by atomic mass is 16.5. The number of nitriles is 2. The summed E-state index contributed by atoms with van der Waals surface area (Å²) in [6, 6.07) is 12.8. The first-order chi connectivity index (χ1) is 10.2. The van der Waals surface area contributed by atoms with Crippen LogP contribution in [0, 0.1) is 22.7 Å². The molecule has 0 spiro atoms. The van der Waals surface area contributed by atoms with Crippen molar-refractivity contribution in [2.75, 3.05) is 5.32 Å². The lowest BCUT2D eigenvalue weighted by molar-refractivity contribution is 0.296. The number of para-hydroxylation sites is 2. The molecule has 0 bridgehead atoms. The van der Waals surface area contributed by atoms with E-state index in [1.165, 1.54) is 6.20 Å². The van der Waals surface area contributed by atoms with Crippen LogP contribution in [0.4, 0.5) is 5.69 Å². The first-order valence-corrected chi connectivity index (χ1v) is 6.20. The molecule has 0 aliphatic carbocycles. The average molecular weight is 279 g/mol. The first-order valence-electron chi connectivity index (χ1n) is 6.20. The Labute approximate surface area is 122 Å². The standard InChI is InChI=1S/C15H13N5O/c1-20-13(6-7-19-20)11-21-15-5-3-2-4-14(15)18-10-12(8-16)9-17/h2-7,10,18H,11H2,1H3. The van der Waals surface area contributed by atoms with Gasteiger partial charge in [-0.15, -0.1) is 0 Å². The number of hydrogen-bond donors (Lipinski definition) is 1. The molecular formula is C15H13N5O. The molecule has 6 heteroatoms. The number of nitrogens with zero attached hydrogens (tertiary/aromatic N) is 4. The maximum absolute atomic E-state index is 8.71. The summed E-state index contributed by atoms with van der Waals surface area (Å²) in [5.41, 5.74) is 1.62. The molecule has 1 aromatic carbocycles. The Morgan fingerprint density at radius 1 is 1.33 bits per heavy atom. The molecule has 2 rings (SSSR count). The van der Waals surface area contributed by atoms with Crippen molar-refractivity contribution >= 4 is 5.69 Å². The van der Waals surface area contributed by atoms with Gasteiger partial charge in [0.25, 0.3) is 0 Å². The van der Waals surface area contributed by atoms with E-state index >= 15 is 0 Å². The Hall–Kier alpha value is -3.25. The molecule has 1 aromatic heterocycles. The topological polar surface area (TPSA) is 86.7 Å². The van der Waals surface area contributed by atoms with Crippen LogP contribution in [0.2, 0.25) is 0 Å². The number of anilines is 1. The van der Waals surface area contributed by atoms with Crippen LogP contribution >= 0.6 is 0 Å². The van der Waals surface area contributed by atoms with E-state index in [4.69, 9.17) is 15.3 Å². The molecule has 0 saturated carbocycles. The summed E-state index contributed by atoms with van der Waals surface area (Å²) in [6.07, 6.45) is 3.06. The van der Waals surface area contributed by atoms with Gasteiger partial charge in [-0.05, 0) is 18.2 Å². The van der Waals surface area contributed by atoms with Crippen molar-refractivity contribution in [3.8, 4) is 17.9 Å². The Morgan fingerprint density at radius 2 is 2.10 bits per heavy atom. The molecule has 104 valence electrons. The molecule has 0 amide bonds. The summed E-state index contributed by atoms with van der Waals surface area (Å²) in [5, 5.41) is 24.4. The van der Waals surface area contributed by atoms with Crippen LogP contribution in [0.3, 0.4) is 0 Å². The van der Waals surface area contributed by atoms with Crippen molar-refractivity contribution in [2.45, 2.75) is 6.61 Å². The molecule has 6 nitrogen and oxygen atoms in total. The van der Waals surface area contributed by atoms with E-state index in [1.54, 1.807) is 29.1 Å². The van der Waals surface area contributed by atoms with Gasteiger partial charge in [0.1, 0.15) is 30.1 Å². The number of benzene rings is 1. The molecule has 0 radical (unpaired) electrons. The van der Waals surface area contributed by atoms with Gasteiger partial charge in [0.2, 0.25) is 0 Å². The number of hydrogen-bond acceptors (Lipinski definition) is 5. The lowest BCUT2D eigenvalue weighted by Crippen LogP contribution is -2.04. The van der Waals surface area contributed by atoms with Crippen molar-refractivity contribution < 1.29 is 4.74 Å². The van der Waals surface area contributed by atoms with E-state index < -0.39 is 0 Å². The second kappa shape index (κ2) is 6.78. The van der Waals surface area contributed by atoms with Crippen LogP contribution in [0.15, 0.2) is 48.3 Å². The van der Waals surface area contributed by atoms with Gasteiger partial charge >= 0.3 is 0 Å². The minimum atomic E-state index is -0.00330. The molecule has 0 atom stereocenters. The second-order valence-electron chi connectivity index (χ2n) is 4.16. The van der Waals surface area contributed by atoms with E-state index in [9.17, 15) is 0 Å². The van der Waals surface area contributed by atoms with Crippen molar-refractivity contribution in [3.05, 3.63) is 54.0 Å². The quantitative estimate of drug-likeness (QED) is 0.849. The van der Waals surface area contributed by atoms with Gasteiger partial charge in [0.15, 0.2) is 0 Å². The summed E-state index contributed by atoms with van der Waals surface area (Å²) in [5.74, 6) is 0.630. The van der Waals surface area contributed by atoms with Crippen LogP contribution in [0.25, 0.3) is 0 Å². The molecule has 0 aliphatic heterocycles. The molecule has 0 saturated heterocycles. The van der Waals surface area contributed by atoms with Crippen LogP contribution < -0.4 is 10.1 Å². The van der Waals surface area contributed by atoms with Gasteiger partial charge < -0.3 is 10.1 Å². The third kappa shape index (κ3) is 3.62. The van der Waals surface area contributed by atoms with Gasteiger partial charge in [0, 0.05) is 19.4 Å².